The highest BCUT2D eigenvalue weighted by atomic mass is 19.1. The van der Waals surface area contributed by atoms with Gasteiger partial charge < -0.3 is 4.74 Å². The van der Waals surface area contributed by atoms with Crippen LogP contribution in [0.15, 0.2) is 48.8 Å². The first-order valence-corrected chi connectivity index (χ1v) is 7.06. The monoisotopic (exact) mass is 279 g/mol. The van der Waals surface area contributed by atoms with Crippen LogP contribution in [-0.4, -0.2) is 11.6 Å². The Morgan fingerprint density at radius 1 is 1.00 bits per heavy atom. The van der Waals surface area contributed by atoms with E-state index in [1.54, 1.807) is 12.4 Å². The molecule has 0 unspecified atom stereocenters. The van der Waals surface area contributed by atoms with Crippen molar-refractivity contribution in [2.24, 2.45) is 0 Å². The first-order valence-electron chi connectivity index (χ1n) is 7.06. The topological polar surface area (TPSA) is 22.1 Å². The van der Waals surface area contributed by atoms with Crippen LogP contribution < -0.4 is 0 Å². The van der Waals surface area contributed by atoms with Crippen LogP contribution >= 0.6 is 0 Å². The molecule has 0 aliphatic carbocycles. The highest BCUT2D eigenvalue weighted by Gasteiger charge is 2.16. The van der Waals surface area contributed by atoms with Gasteiger partial charge in [0.2, 0.25) is 0 Å². The summed E-state index contributed by atoms with van der Waals surface area (Å²) in [4.78, 5) is 4.04. The average molecular weight is 279 g/mol. The molecule has 0 spiro atoms. The van der Waals surface area contributed by atoms with E-state index in [1.165, 1.54) is 22.8 Å². The van der Waals surface area contributed by atoms with Crippen LogP contribution in [0.5, 0.6) is 0 Å². The molecule has 1 aliphatic heterocycles. The number of rotatable bonds is 1. The maximum atomic E-state index is 14.0. The Kier molecular flexibility index (Phi) is 2.93. The molecule has 2 nitrogen and oxygen atoms in total. The van der Waals surface area contributed by atoms with Crippen LogP contribution in [-0.2, 0) is 17.8 Å². The van der Waals surface area contributed by atoms with Crippen molar-refractivity contribution in [3.8, 4) is 11.1 Å². The summed E-state index contributed by atoms with van der Waals surface area (Å²) in [5.74, 6) is -0.227. The third-order valence-corrected chi connectivity index (χ3v) is 4.08. The summed E-state index contributed by atoms with van der Waals surface area (Å²) in [6.45, 7) is 1.40. The molecule has 1 aromatic heterocycles. The van der Waals surface area contributed by atoms with Crippen LogP contribution in [0.1, 0.15) is 11.1 Å². The van der Waals surface area contributed by atoms with Crippen molar-refractivity contribution in [3.05, 3.63) is 65.7 Å². The van der Waals surface area contributed by atoms with Gasteiger partial charge in [-0.15, -0.1) is 0 Å². The van der Waals surface area contributed by atoms with Gasteiger partial charge >= 0.3 is 0 Å². The predicted octanol–water partition coefficient (Wildman–Crippen LogP) is 4.11. The minimum atomic E-state index is -0.227. The maximum absolute atomic E-state index is 14.0. The molecule has 21 heavy (non-hydrogen) atoms. The van der Waals surface area contributed by atoms with Gasteiger partial charge in [-0.05, 0) is 46.2 Å². The number of pyridine rings is 1. The van der Waals surface area contributed by atoms with Crippen molar-refractivity contribution >= 4 is 10.8 Å². The van der Waals surface area contributed by atoms with Gasteiger partial charge in [-0.3, -0.25) is 4.98 Å². The molecule has 2 heterocycles. The first kappa shape index (κ1) is 12.5. The van der Waals surface area contributed by atoms with Crippen molar-refractivity contribution in [2.75, 3.05) is 6.61 Å². The lowest BCUT2D eigenvalue weighted by Crippen LogP contribution is -2.10. The zero-order valence-electron chi connectivity index (χ0n) is 11.5. The fourth-order valence-corrected chi connectivity index (χ4v) is 3.06. The molecule has 3 heteroatoms. The van der Waals surface area contributed by atoms with Gasteiger partial charge in [0.05, 0.1) is 13.2 Å². The van der Waals surface area contributed by atoms with E-state index in [0.29, 0.717) is 12.0 Å². The summed E-state index contributed by atoms with van der Waals surface area (Å²) in [6.07, 6.45) is 4.20. The standard InChI is InChI=1S/C18H14FNO/c19-18-5-4-15(16-6-8-20-10-17(16)18)14-3-1-2-12-11-21-9-7-13(12)14/h1-6,8,10H,7,9,11H2. The Morgan fingerprint density at radius 3 is 2.90 bits per heavy atom. The lowest BCUT2D eigenvalue weighted by Gasteiger charge is -2.20. The van der Waals surface area contributed by atoms with Crippen LogP contribution in [0.4, 0.5) is 4.39 Å². The molecule has 0 amide bonds. The van der Waals surface area contributed by atoms with Gasteiger partial charge in [-0.25, -0.2) is 4.39 Å². The Hall–Kier alpha value is -2.26. The Morgan fingerprint density at radius 2 is 1.95 bits per heavy atom. The average Bonchev–Trinajstić information content (AvgIpc) is 2.55. The molecule has 0 atom stereocenters. The maximum Gasteiger partial charge on any atom is 0.132 e. The summed E-state index contributed by atoms with van der Waals surface area (Å²) in [5, 5.41) is 1.48. The minimum absolute atomic E-state index is 0.227. The largest absolute Gasteiger partial charge is 0.376 e. The molecule has 104 valence electrons. The molecule has 4 rings (SSSR count). The molecular weight excluding hydrogens is 265 g/mol. The van der Waals surface area contributed by atoms with Crippen LogP contribution in [0, 0.1) is 5.82 Å². The quantitative estimate of drug-likeness (QED) is 0.668. The van der Waals surface area contributed by atoms with Crippen molar-refractivity contribution in [3.63, 3.8) is 0 Å². The molecule has 0 saturated carbocycles. The van der Waals surface area contributed by atoms with Gasteiger partial charge in [-0.2, -0.15) is 0 Å². The molecule has 0 N–H and O–H groups in total. The van der Waals surface area contributed by atoms with E-state index in [2.05, 4.69) is 17.1 Å². The van der Waals surface area contributed by atoms with E-state index in [0.717, 1.165) is 24.0 Å². The smallest absolute Gasteiger partial charge is 0.132 e. The number of benzene rings is 2. The summed E-state index contributed by atoms with van der Waals surface area (Å²) in [6, 6.07) is 11.5. The number of ether oxygens (including phenoxy) is 1. The van der Waals surface area contributed by atoms with E-state index in [1.807, 2.05) is 18.2 Å². The van der Waals surface area contributed by atoms with Crippen LogP contribution in [0.3, 0.4) is 0 Å². The Balaban J connectivity index is 2.02. The molecular formula is C18H14FNO. The second kappa shape index (κ2) is 4.93. The second-order valence-corrected chi connectivity index (χ2v) is 5.26. The lowest BCUT2D eigenvalue weighted by molar-refractivity contribution is 0.111. The fraction of sp³-hybridized carbons (Fsp3) is 0.167. The van der Waals surface area contributed by atoms with E-state index < -0.39 is 0 Å². The van der Waals surface area contributed by atoms with E-state index >= 15 is 0 Å². The van der Waals surface area contributed by atoms with Crippen LogP contribution in [0.25, 0.3) is 21.9 Å². The fourth-order valence-electron chi connectivity index (χ4n) is 3.06. The Bertz CT molecular complexity index is 829. The number of fused-ring (bicyclic) bond motifs is 2. The zero-order valence-corrected chi connectivity index (χ0v) is 11.5. The number of hydrogen-bond acceptors (Lipinski definition) is 2. The Labute approximate surface area is 122 Å². The second-order valence-electron chi connectivity index (χ2n) is 5.26. The molecule has 0 saturated heterocycles. The van der Waals surface area contributed by atoms with Gasteiger partial charge in [0.25, 0.3) is 0 Å². The molecule has 1 aliphatic rings. The normalized spacial score (nSPS) is 14.1. The summed E-state index contributed by atoms with van der Waals surface area (Å²) in [7, 11) is 0. The lowest BCUT2D eigenvalue weighted by atomic mass is 9.90. The highest BCUT2D eigenvalue weighted by molar-refractivity contribution is 5.97. The number of hydrogen-bond donors (Lipinski definition) is 0. The molecule has 0 radical (unpaired) electrons. The number of halogens is 1. The van der Waals surface area contributed by atoms with Crippen molar-refractivity contribution in [1.82, 2.24) is 4.98 Å². The van der Waals surface area contributed by atoms with Crippen molar-refractivity contribution in [1.29, 1.82) is 0 Å². The molecule has 2 aromatic carbocycles. The highest BCUT2D eigenvalue weighted by Crippen LogP contribution is 2.34. The third-order valence-electron chi connectivity index (χ3n) is 4.08. The van der Waals surface area contributed by atoms with Gasteiger partial charge in [0.1, 0.15) is 5.82 Å². The summed E-state index contributed by atoms with van der Waals surface area (Å²) >= 11 is 0. The van der Waals surface area contributed by atoms with E-state index in [4.69, 9.17) is 4.74 Å². The summed E-state index contributed by atoms with van der Waals surface area (Å²) < 4.78 is 19.5. The van der Waals surface area contributed by atoms with Crippen molar-refractivity contribution < 1.29 is 9.13 Å². The van der Waals surface area contributed by atoms with E-state index in [-0.39, 0.29) is 5.82 Å². The van der Waals surface area contributed by atoms with Gasteiger partial charge in [-0.1, -0.05) is 24.3 Å². The third kappa shape index (κ3) is 2.01. The van der Waals surface area contributed by atoms with Gasteiger partial charge in [0.15, 0.2) is 0 Å². The molecule has 0 fully saturated rings. The van der Waals surface area contributed by atoms with Crippen LogP contribution in [0.2, 0.25) is 0 Å². The molecule has 3 aromatic rings. The van der Waals surface area contributed by atoms with E-state index in [9.17, 15) is 4.39 Å². The number of nitrogens with zero attached hydrogens (tertiary/aromatic N) is 1. The SMILES string of the molecule is Fc1ccc(-c2cccc3c2CCOC3)c2ccncc12. The minimum Gasteiger partial charge on any atom is -0.376 e. The predicted molar refractivity (Wildman–Crippen MR) is 80.5 cm³/mol. The first-order chi connectivity index (χ1) is 10.3. The summed E-state index contributed by atoms with van der Waals surface area (Å²) in [5.41, 5.74) is 4.78. The zero-order chi connectivity index (χ0) is 14.2. The number of aromatic nitrogens is 1. The molecule has 0 bridgehead atoms. The van der Waals surface area contributed by atoms with Crippen molar-refractivity contribution in [2.45, 2.75) is 13.0 Å². The van der Waals surface area contributed by atoms with Gasteiger partial charge in [0, 0.05) is 17.8 Å².